The van der Waals surface area contributed by atoms with Crippen molar-refractivity contribution in [3.8, 4) is 5.69 Å². The van der Waals surface area contributed by atoms with E-state index in [-0.39, 0.29) is 11.3 Å². The van der Waals surface area contributed by atoms with Crippen LogP contribution in [0.2, 0.25) is 5.02 Å². The minimum Gasteiger partial charge on any atom is -0.322 e. The number of aryl methyl sites for hydroxylation is 3. The van der Waals surface area contributed by atoms with E-state index in [9.17, 15) is 4.79 Å². The van der Waals surface area contributed by atoms with Crippen molar-refractivity contribution < 1.29 is 4.79 Å². The van der Waals surface area contributed by atoms with Gasteiger partial charge in [-0.15, -0.1) is 11.3 Å². The van der Waals surface area contributed by atoms with Gasteiger partial charge in [0.25, 0.3) is 5.91 Å². The van der Waals surface area contributed by atoms with E-state index in [0.717, 1.165) is 52.5 Å². The van der Waals surface area contributed by atoms with E-state index < -0.39 is 0 Å². The Morgan fingerprint density at radius 1 is 1.07 bits per heavy atom. The summed E-state index contributed by atoms with van der Waals surface area (Å²) in [6.07, 6.45) is 4.90. The molecule has 5 rings (SSSR count). The van der Waals surface area contributed by atoms with Crippen LogP contribution in [0.1, 0.15) is 76.1 Å². The lowest BCUT2D eigenvalue weighted by Gasteiger charge is -2.33. The molecule has 0 radical (unpaired) electrons. The van der Waals surface area contributed by atoms with E-state index in [2.05, 4.69) is 82.6 Å². The second-order valence-corrected chi connectivity index (χ2v) is 13.6. The van der Waals surface area contributed by atoms with E-state index in [1.54, 1.807) is 23.5 Å². The molecule has 1 amide bonds. The zero-order valence-electron chi connectivity index (χ0n) is 24.5. The van der Waals surface area contributed by atoms with Gasteiger partial charge < -0.3 is 9.88 Å². The van der Waals surface area contributed by atoms with Crippen molar-refractivity contribution in [2.45, 2.75) is 67.7 Å². The van der Waals surface area contributed by atoms with Crippen LogP contribution in [0.3, 0.4) is 0 Å². The quantitative estimate of drug-likeness (QED) is 0.238. The number of carbonyl (C=O) groups is 1. The zero-order chi connectivity index (χ0) is 28.8. The lowest BCUT2D eigenvalue weighted by molar-refractivity contribution is 0.102. The summed E-state index contributed by atoms with van der Waals surface area (Å²) in [5.41, 5.74) is 9.88. The first-order valence-corrected chi connectivity index (χ1v) is 15.1. The van der Waals surface area contributed by atoms with Crippen molar-refractivity contribution in [3.63, 3.8) is 0 Å². The molecule has 4 aromatic rings. The van der Waals surface area contributed by atoms with Crippen molar-refractivity contribution in [1.82, 2.24) is 4.57 Å². The number of hydrogen-bond acceptors (Lipinski definition) is 3. The standard InChI is InChI=1S/C34H38ClN3OS/c1-20-9-8-10-21(2)31(20)38-22(3)17-24(23(38)4)19-36-33-30(32(39)37-27-14-12-26(35)13-15-27)28-16-11-25(34(5,6)7)18-29(28)40-33/h8-10,12-15,17,19,25H,11,16,18H2,1-7H3,(H,37,39)/t25-/m1/s1. The maximum Gasteiger partial charge on any atom is 0.259 e. The first-order chi connectivity index (χ1) is 18.9. The van der Waals surface area contributed by atoms with Gasteiger partial charge in [-0.05, 0) is 105 Å². The molecule has 1 N–H and O–H groups in total. The van der Waals surface area contributed by atoms with Gasteiger partial charge in [0.15, 0.2) is 0 Å². The summed E-state index contributed by atoms with van der Waals surface area (Å²) < 4.78 is 2.31. The van der Waals surface area contributed by atoms with E-state index in [1.165, 1.54) is 21.7 Å². The van der Waals surface area contributed by atoms with Crippen molar-refractivity contribution in [2.24, 2.45) is 16.3 Å². The number of fused-ring (bicyclic) bond motifs is 1. The molecule has 4 nitrogen and oxygen atoms in total. The van der Waals surface area contributed by atoms with Crippen LogP contribution in [0.25, 0.3) is 5.69 Å². The van der Waals surface area contributed by atoms with Gasteiger partial charge in [0.05, 0.1) is 11.3 Å². The number of halogens is 1. The third-order valence-corrected chi connectivity index (χ3v) is 9.67. The number of para-hydroxylation sites is 1. The highest BCUT2D eigenvalue weighted by Crippen LogP contribution is 2.45. The van der Waals surface area contributed by atoms with Gasteiger partial charge in [0, 0.05) is 38.8 Å². The maximum atomic E-state index is 13.7. The van der Waals surface area contributed by atoms with Gasteiger partial charge >= 0.3 is 0 Å². The van der Waals surface area contributed by atoms with Gasteiger partial charge in [0.1, 0.15) is 5.00 Å². The summed E-state index contributed by atoms with van der Waals surface area (Å²) in [7, 11) is 0. The van der Waals surface area contributed by atoms with Gasteiger partial charge in [-0.1, -0.05) is 50.6 Å². The van der Waals surface area contributed by atoms with E-state index in [0.29, 0.717) is 16.5 Å². The number of nitrogens with zero attached hydrogens (tertiary/aromatic N) is 2. The highest BCUT2D eigenvalue weighted by molar-refractivity contribution is 7.16. The SMILES string of the molecule is Cc1cccc(C)c1-n1c(C)cc(C=Nc2sc3c(c2C(=O)Nc2ccc(Cl)cc2)CC[C@@H](C(C)(C)C)C3)c1C. The number of benzene rings is 2. The molecule has 1 aliphatic carbocycles. The molecule has 1 atom stereocenters. The summed E-state index contributed by atoms with van der Waals surface area (Å²) in [4.78, 5) is 20.0. The molecule has 0 saturated carbocycles. The lowest BCUT2D eigenvalue weighted by atomic mass is 9.72. The van der Waals surface area contributed by atoms with Crippen LogP contribution in [0.5, 0.6) is 0 Å². The van der Waals surface area contributed by atoms with E-state index in [1.807, 2.05) is 18.3 Å². The van der Waals surface area contributed by atoms with Crippen LogP contribution < -0.4 is 5.32 Å². The van der Waals surface area contributed by atoms with E-state index >= 15 is 0 Å². The van der Waals surface area contributed by atoms with Crippen LogP contribution >= 0.6 is 22.9 Å². The number of rotatable bonds is 5. The molecule has 0 spiro atoms. The summed E-state index contributed by atoms with van der Waals surface area (Å²) in [6, 6.07) is 15.8. The minimum atomic E-state index is -0.109. The number of aromatic nitrogens is 1. The molecule has 1 aliphatic rings. The van der Waals surface area contributed by atoms with Crippen LogP contribution in [-0.4, -0.2) is 16.7 Å². The molecule has 0 aliphatic heterocycles. The third-order valence-electron chi connectivity index (χ3n) is 8.25. The number of nitrogens with one attached hydrogen (secondary N) is 1. The zero-order valence-corrected chi connectivity index (χ0v) is 26.1. The average Bonchev–Trinajstić information content (AvgIpc) is 3.39. The Morgan fingerprint density at radius 2 is 1.75 bits per heavy atom. The second kappa shape index (κ2) is 11.0. The number of hydrogen-bond donors (Lipinski definition) is 1. The largest absolute Gasteiger partial charge is 0.322 e. The number of aliphatic imine (C=N–C) groups is 1. The Labute approximate surface area is 247 Å². The molecule has 0 fully saturated rings. The van der Waals surface area contributed by atoms with Crippen LogP contribution in [-0.2, 0) is 12.8 Å². The summed E-state index contributed by atoms with van der Waals surface area (Å²) in [5, 5.41) is 4.51. The Bertz CT molecular complexity index is 1580. The summed E-state index contributed by atoms with van der Waals surface area (Å²) in [5.74, 6) is 0.473. The van der Waals surface area contributed by atoms with Crippen molar-refractivity contribution in [3.05, 3.63) is 97.6 Å². The monoisotopic (exact) mass is 571 g/mol. The topological polar surface area (TPSA) is 46.4 Å². The molecule has 2 heterocycles. The second-order valence-electron chi connectivity index (χ2n) is 12.1. The molecule has 6 heteroatoms. The first kappa shape index (κ1) is 28.4. The van der Waals surface area contributed by atoms with Crippen LogP contribution in [0.15, 0.2) is 53.5 Å². The molecular formula is C34H38ClN3OS. The van der Waals surface area contributed by atoms with Gasteiger partial charge in [-0.25, -0.2) is 4.99 Å². The molecule has 208 valence electrons. The number of amides is 1. The Hall–Kier alpha value is -3.15. The number of anilines is 1. The lowest BCUT2D eigenvalue weighted by Crippen LogP contribution is -2.27. The van der Waals surface area contributed by atoms with Crippen molar-refractivity contribution in [2.75, 3.05) is 5.32 Å². The Morgan fingerprint density at radius 3 is 2.40 bits per heavy atom. The first-order valence-electron chi connectivity index (χ1n) is 13.9. The van der Waals surface area contributed by atoms with Gasteiger partial charge in [0.2, 0.25) is 0 Å². The maximum absolute atomic E-state index is 13.7. The fourth-order valence-electron chi connectivity index (χ4n) is 5.91. The molecule has 0 saturated heterocycles. The number of thiophene rings is 1. The molecule has 2 aromatic carbocycles. The fraction of sp³-hybridized carbons (Fsp3) is 0.353. The normalized spacial score (nSPS) is 15.4. The Balaban J connectivity index is 1.54. The third kappa shape index (κ3) is 5.55. The van der Waals surface area contributed by atoms with Gasteiger partial charge in [-0.3, -0.25) is 4.79 Å². The molecular weight excluding hydrogens is 534 g/mol. The smallest absolute Gasteiger partial charge is 0.259 e. The Kier molecular flexibility index (Phi) is 7.82. The average molecular weight is 572 g/mol. The van der Waals surface area contributed by atoms with E-state index in [4.69, 9.17) is 16.6 Å². The van der Waals surface area contributed by atoms with Crippen molar-refractivity contribution >= 4 is 45.7 Å². The molecule has 40 heavy (non-hydrogen) atoms. The van der Waals surface area contributed by atoms with Gasteiger partial charge in [-0.2, -0.15) is 0 Å². The van der Waals surface area contributed by atoms with Crippen molar-refractivity contribution in [1.29, 1.82) is 0 Å². The van der Waals surface area contributed by atoms with Crippen LogP contribution in [0, 0.1) is 39.0 Å². The number of carbonyl (C=O) groups excluding carboxylic acids is 1. The predicted octanol–water partition coefficient (Wildman–Crippen LogP) is 9.58. The summed E-state index contributed by atoms with van der Waals surface area (Å²) >= 11 is 7.74. The predicted molar refractivity (Wildman–Crippen MR) is 171 cm³/mol. The molecule has 0 bridgehead atoms. The molecule has 0 unspecified atom stereocenters. The fourth-order valence-corrected chi connectivity index (χ4v) is 7.31. The highest BCUT2D eigenvalue weighted by Gasteiger charge is 2.33. The minimum absolute atomic E-state index is 0.109. The van der Waals surface area contributed by atoms with Crippen LogP contribution in [0.4, 0.5) is 10.7 Å². The highest BCUT2D eigenvalue weighted by atomic mass is 35.5. The summed E-state index contributed by atoms with van der Waals surface area (Å²) in [6.45, 7) is 15.5. The molecule has 2 aromatic heterocycles.